The Bertz CT molecular complexity index is 642. The van der Waals surface area contributed by atoms with Gasteiger partial charge in [-0.1, -0.05) is 15.9 Å². The quantitative estimate of drug-likeness (QED) is 0.677. The van der Waals surface area contributed by atoms with Gasteiger partial charge in [-0.3, -0.25) is 0 Å². The molecule has 21 heavy (non-hydrogen) atoms. The average molecular weight is 425 g/mol. The molecule has 0 heterocycles. The lowest BCUT2D eigenvalue weighted by molar-refractivity contribution is -0.137. The van der Waals surface area contributed by atoms with E-state index in [1.54, 1.807) is 12.1 Å². The minimum atomic E-state index is -4.34. The number of anilines is 1. The molecule has 0 atom stereocenters. The maximum Gasteiger partial charge on any atom is 0.416 e. The zero-order valence-corrected chi connectivity index (χ0v) is 13.7. The summed E-state index contributed by atoms with van der Waals surface area (Å²) in [6, 6.07) is 8.17. The lowest BCUT2D eigenvalue weighted by Gasteiger charge is -2.11. The van der Waals surface area contributed by atoms with Crippen molar-refractivity contribution >= 4 is 37.5 Å². The van der Waals surface area contributed by atoms with Gasteiger partial charge in [0.05, 0.1) is 10.0 Å². The third kappa shape index (κ3) is 4.14. The fourth-order valence-electron chi connectivity index (χ4n) is 1.73. The highest BCUT2D eigenvalue weighted by molar-refractivity contribution is 9.11. The molecular formula is C14H10Br2F3NO. The van der Waals surface area contributed by atoms with E-state index < -0.39 is 11.7 Å². The van der Waals surface area contributed by atoms with E-state index in [0.717, 1.165) is 16.6 Å². The van der Waals surface area contributed by atoms with Gasteiger partial charge in [0.2, 0.25) is 0 Å². The van der Waals surface area contributed by atoms with E-state index in [9.17, 15) is 18.3 Å². The number of hydrogen-bond donors (Lipinski definition) is 2. The van der Waals surface area contributed by atoms with E-state index >= 15 is 0 Å². The molecule has 2 aromatic rings. The Morgan fingerprint density at radius 1 is 1.05 bits per heavy atom. The summed E-state index contributed by atoms with van der Waals surface area (Å²) < 4.78 is 38.7. The molecule has 7 heteroatoms. The molecule has 0 spiro atoms. The molecular weight excluding hydrogens is 415 g/mol. The van der Waals surface area contributed by atoms with E-state index in [-0.39, 0.29) is 12.3 Å². The molecule has 2 N–H and O–H groups in total. The first-order valence-corrected chi connectivity index (χ1v) is 7.44. The number of phenolic OH excluding ortho intramolecular Hbond substituents is 1. The predicted molar refractivity (Wildman–Crippen MR) is 82.3 cm³/mol. The monoisotopic (exact) mass is 423 g/mol. The van der Waals surface area contributed by atoms with Crippen LogP contribution in [0, 0.1) is 0 Å². The predicted octanol–water partition coefficient (Wildman–Crippen LogP) is 5.55. The molecule has 0 amide bonds. The van der Waals surface area contributed by atoms with E-state index in [2.05, 4.69) is 37.2 Å². The van der Waals surface area contributed by atoms with E-state index in [1.807, 2.05) is 0 Å². The maximum atomic E-state index is 12.4. The fraction of sp³-hybridized carbons (Fsp3) is 0.143. The molecule has 0 aromatic heterocycles. The van der Waals surface area contributed by atoms with Gasteiger partial charge >= 0.3 is 6.18 Å². The average Bonchev–Trinajstić information content (AvgIpc) is 2.40. The van der Waals surface area contributed by atoms with Crippen molar-refractivity contribution in [3.05, 3.63) is 56.5 Å². The smallest absolute Gasteiger partial charge is 0.416 e. The van der Waals surface area contributed by atoms with Crippen LogP contribution in [-0.4, -0.2) is 5.11 Å². The van der Waals surface area contributed by atoms with Crippen molar-refractivity contribution in [1.82, 2.24) is 0 Å². The molecule has 0 aliphatic heterocycles. The van der Waals surface area contributed by atoms with Crippen LogP contribution in [0.15, 0.2) is 45.3 Å². The number of benzene rings is 2. The zero-order chi connectivity index (χ0) is 15.6. The lowest BCUT2D eigenvalue weighted by atomic mass is 10.1. The van der Waals surface area contributed by atoms with E-state index in [0.29, 0.717) is 15.7 Å². The first-order chi connectivity index (χ1) is 9.77. The first kappa shape index (κ1) is 16.2. The molecule has 0 bridgehead atoms. The number of rotatable bonds is 3. The van der Waals surface area contributed by atoms with E-state index in [1.165, 1.54) is 12.1 Å². The summed E-state index contributed by atoms with van der Waals surface area (Å²) in [4.78, 5) is 0. The molecule has 0 aliphatic carbocycles. The minimum absolute atomic E-state index is 0.0950. The highest BCUT2D eigenvalue weighted by Crippen LogP contribution is 2.33. The van der Waals surface area contributed by atoms with Gasteiger partial charge in [0.1, 0.15) is 5.75 Å². The highest BCUT2D eigenvalue weighted by Gasteiger charge is 2.29. The molecule has 2 aromatic carbocycles. The second-order valence-electron chi connectivity index (χ2n) is 4.32. The second kappa shape index (κ2) is 6.27. The van der Waals surface area contributed by atoms with Crippen molar-refractivity contribution in [2.75, 3.05) is 5.32 Å². The number of aromatic hydroxyl groups is 1. The first-order valence-electron chi connectivity index (χ1n) is 5.85. The van der Waals surface area contributed by atoms with Gasteiger partial charge in [0, 0.05) is 22.3 Å². The van der Waals surface area contributed by atoms with Crippen LogP contribution in [0.2, 0.25) is 0 Å². The van der Waals surface area contributed by atoms with Crippen LogP contribution < -0.4 is 5.32 Å². The molecule has 0 radical (unpaired) electrons. The summed E-state index contributed by atoms with van der Waals surface area (Å²) >= 11 is 6.53. The molecule has 2 nitrogen and oxygen atoms in total. The summed E-state index contributed by atoms with van der Waals surface area (Å²) in [6.45, 7) is 0.287. The SMILES string of the molecule is Oc1c(Br)cc(Br)cc1CNc1ccc(C(F)(F)F)cc1. The van der Waals surface area contributed by atoms with Gasteiger partial charge in [-0.25, -0.2) is 0 Å². The number of halogens is 5. The van der Waals surface area contributed by atoms with Crippen LogP contribution in [0.1, 0.15) is 11.1 Å². The summed E-state index contributed by atoms with van der Waals surface area (Å²) in [5.74, 6) is 0.0950. The van der Waals surface area contributed by atoms with Crippen molar-refractivity contribution in [1.29, 1.82) is 0 Å². The van der Waals surface area contributed by atoms with Crippen LogP contribution in [-0.2, 0) is 12.7 Å². The Kier molecular flexibility index (Phi) is 4.83. The number of nitrogens with one attached hydrogen (secondary N) is 1. The molecule has 0 fully saturated rings. The molecule has 0 saturated carbocycles. The van der Waals surface area contributed by atoms with Crippen molar-refractivity contribution in [3.63, 3.8) is 0 Å². The second-order valence-corrected chi connectivity index (χ2v) is 6.09. The number of alkyl halides is 3. The zero-order valence-electron chi connectivity index (χ0n) is 10.5. The van der Waals surface area contributed by atoms with Crippen LogP contribution in [0.4, 0.5) is 18.9 Å². The Morgan fingerprint density at radius 2 is 1.67 bits per heavy atom. The van der Waals surface area contributed by atoms with Gasteiger partial charge in [-0.05, 0) is 52.3 Å². The molecule has 0 unspecified atom stereocenters. The van der Waals surface area contributed by atoms with Crippen molar-refractivity contribution < 1.29 is 18.3 Å². The molecule has 2 rings (SSSR count). The minimum Gasteiger partial charge on any atom is -0.506 e. The fourth-order valence-corrected chi connectivity index (χ4v) is 3.04. The lowest BCUT2D eigenvalue weighted by Crippen LogP contribution is -2.05. The van der Waals surface area contributed by atoms with E-state index in [4.69, 9.17) is 0 Å². The Morgan fingerprint density at radius 3 is 2.24 bits per heavy atom. The summed E-state index contributed by atoms with van der Waals surface area (Å²) in [5.41, 5.74) is 0.468. The van der Waals surface area contributed by atoms with Crippen LogP contribution in [0.5, 0.6) is 5.75 Å². The van der Waals surface area contributed by atoms with Crippen molar-refractivity contribution in [2.45, 2.75) is 12.7 Å². The molecule has 0 saturated heterocycles. The van der Waals surface area contributed by atoms with Gasteiger partial charge in [-0.15, -0.1) is 0 Å². The Hall–Kier alpha value is -1.21. The van der Waals surface area contributed by atoms with Gasteiger partial charge in [0.15, 0.2) is 0 Å². The third-order valence-electron chi connectivity index (χ3n) is 2.80. The Labute approximate surface area is 136 Å². The van der Waals surface area contributed by atoms with Gasteiger partial charge in [-0.2, -0.15) is 13.2 Å². The topological polar surface area (TPSA) is 32.3 Å². The maximum absolute atomic E-state index is 12.4. The third-order valence-corrected chi connectivity index (χ3v) is 3.86. The normalized spacial score (nSPS) is 11.5. The number of hydrogen-bond acceptors (Lipinski definition) is 2. The van der Waals surface area contributed by atoms with Gasteiger partial charge in [0.25, 0.3) is 0 Å². The highest BCUT2D eigenvalue weighted by atomic mass is 79.9. The standard InChI is InChI=1S/C14H10Br2F3NO/c15-10-5-8(13(21)12(16)6-10)7-20-11-3-1-9(2-4-11)14(17,18)19/h1-6,20-21H,7H2. The summed E-state index contributed by atoms with van der Waals surface area (Å²) in [6.07, 6.45) is -4.34. The molecule has 112 valence electrons. The number of phenols is 1. The van der Waals surface area contributed by atoms with Crippen molar-refractivity contribution in [2.24, 2.45) is 0 Å². The van der Waals surface area contributed by atoms with Crippen LogP contribution in [0.3, 0.4) is 0 Å². The van der Waals surface area contributed by atoms with Gasteiger partial charge < -0.3 is 10.4 Å². The molecule has 0 aliphatic rings. The largest absolute Gasteiger partial charge is 0.506 e. The Balaban J connectivity index is 2.10. The van der Waals surface area contributed by atoms with Crippen LogP contribution >= 0.6 is 31.9 Å². The van der Waals surface area contributed by atoms with Crippen LogP contribution in [0.25, 0.3) is 0 Å². The van der Waals surface area contributed by atoms with Crippen molar-refractivity contribution in [3.8, 4) is 5.75 Å². The summed E-state index contributed by atoms with van der Waals surface area (Å²) in [5, 5.41) is 12.9. The summed E-state index contributed by atoms with van der Waals surface area (Å²) in [7, 11) is 0.